The first kappa shape index (κ1) is 38.9. The van der Waals surface area contributed by atoms with E-state index in [9.17, 15) is 14.3 Å². The van der Waals surface area contributed by atoms with E-state index in [0.717, 1.165) is 86.1 Å². The van der Waals surface area contributed by atoms with Gasteiger partial charge in [-0.3, -0.25) is 9.78 Å². The molecule has 2 heterocycles. The van der Waals surface area contributed by atoms with E-state index < -0.39 is 0 Å². The zero-order chi connectivity index (χ0) is 35.8. The first-order valence-electron chi connectivity index (χ1n) is 17.4. The van der Waals surface area contributed by atoms with Crippen LogP contribution in [-0.2, 0) is 24.9 Å². The predicted molar refractivity (Wildman–Crippen MR) is 201 cm³/mol. The molecule has 4 aromatic carbocycles. The second kappa shape index (κ2) is 15.1. The Morgan fingerprint density at radius 2 is 1.52 bits per heavy atom. The van der Waals surface area contributed by atoms with Crippen LogP contribution < -0.4 is 0 Å². The van der Waals surface area contributed by atoms with E-state index in [-0.39, 0.29) is 48.3 Å². The number of benzene rings is 4. The number of nitrogens with zero attached hydrogens (tertiary/aromatic N) is 2. The van der Waals surface area contributed by atoms with E-state index in [1.165, 1.54) is 6.08 Å². The number of fused-ring (bicyclic) bond motifs is 6. The zero-order valence-corrected chi connectivity index (χ0v) is 33.3. The van der Waals surface area contributed by atoms with Crippen LogP contribution in [0.15, 0.2) is 64.8 Å². The van der Waals surface area contributed by atoms with Crippen LogP contribution in [0.3, 0.4) is 0 Å². The first-order chi connectivity index (χ1) is 23.2. The van der Waals surface area contributed by atoms with E-state index in [4.69, 9.17) is 14.4 Å². The molecular formula is C43H48FIrN2O3-. The number of para-hydroxylation sites is 1. The van der Waals surface area contributed by atoms with Crippen LogP contribution in [0, 0.1) is 50.4 Å². The van der Waals surface area contributed by atoms with Crippen molar-refractivity contribution in [3.05, 3.63) is 94.8 Å². The summed E-state index contributed by atoms with van der Waals surface area (Å²) in [5.74, 6) is 0.719. The molecule has 0 aliphatic rings. The number of carbonyl (C=O) groups excluding carboxylic acids is 1. The summed E-state index contributed by atoms with van der Waals surface area (Å²) in [6, 6.07) is 19.3. The number of aryl methyl sites for hydroxylation is 4. The number of hydrogen-bond donors (Lipinski definition) is 1. The van der Waals surface area contributed by atoms with Gasteiger partial charge in [-0.05, 0) is 80.5 Å². The van der Waals surface area contributed by atoms with Crippen LogP contribution in [0.1, 0.15) is 89.7 Å². The number of ketones is 1. The third kappa shape index (κ3) is 6.87. The van der Waals surface area contributed by atoms with Crippen LogP contribution in [0.4, 0.5) is 4.39 Å². The Morgan fingerprint density at radius 3 is 2.16 bits per heavy atom. The van der Waals surface area contributed by atoms with E-state index >= 15 is 0 Å². The van der Waals surface area contributed by atoms with Crippen LogP contribution in [0.5, 0.6) is 0 Å². The quantitative estimate of drug-likeness (QED) is 0.0714. The summed E-state index contributed by atoms with van der Waals surface area (Å²) in [4.78, 5) is 21.7. The van der Waals surface area contributed by atoms with Gasteiger partial charge in [0, 0.05) is 53.5 Å². The molecule has 7 heteroatoms. The normalized spacial score (nSPS) is 12.3. The van der Waals surface area contributed by atoms with Gasteiger partial charge in [0.2, 0.25) is 0 Å². The molecule has 265 valence electrons. The Labute approximate surface area is 308 Å². The third-order valence-corrected chi connectivity index (χ3v) is 10.9. The molecule has 0 saturated carbocycles. The molecule has 0 bridgehead atoms. The fraction of sp³-hybridized carbons (Fsp3) is 0.372. The maximum atomic E-state index is 14.8. The zero-order valence-electron chi connectivity index (χ0n) is 30.9. The number of allylic oxidation sites excluding steroid dienone is 2. The number of hydrogen-bond acceptors (Lipinski definition) is 5. The molecule has 0 spiro atoms. The van der Waals surface area contributed by atoms with Gasteiger partial charge >= 0.3 is 0 Å². The largest absolute Gasteiger partial charge is 0.512 e. The van der Waals surface area contributed by atoms with Gasteiger partial charge in [0.05, 0.1) is 11.1 Å². The molecule has 6 rings (SSSR count). The molecular weight excluding hydrogens is 804 g/mol. The number of rotatable bonds is 8. The van der Waals surface area contributed by atoms with Gasteiger partial charge in [-0.2, -0.15) is 0 Å². The summed E-state index contributed by atoms with van der Waals surface area (Å²) in [7, 11) is 0. The Balaban J connectivity index is 0.000000269. The van der Waals surface area contributed by atoms with Gasteiger partial charge in [-0.25, -0.2) is 9.37 Å². The third-order valence-electron chi connectivity index (χ3n) is 10.9. The van der Waals surface area contributed by atoms with Crippen molar-refractivity contribution in [2.24, 2.45) is 10.8 Å². The molecule has 2 aromatic heterocycles. The van der Waals surface area contributed by atoms with Crippen molar-refractivity contribution in [3.63, 3.8) is 0 Å². The Morgan fingerprint density at radius 1 is 0.880 bits per heavy atom. The van der Waals surface area contributed by atoms with Gasteiger partial charge in [-0.1, -0.05) is 89.7 Å². The van der Waals surface area contributed by atoms with Crippen LogP contribution in [0.2, 0.25) is 0 Å². The maximum absolute atomic E-state index is 14.8. The SMILES string of the molecule is CCC(C)(CC)C(=O)/C=C(\O)C(C)(CC)CC.Cc1nc(-c2[c-]cc(C)c3c2oc2ccccc23)c2ccc3cc(C)c(F)c(C)c3c2n1.[Ir]. The van der Waals surface area contributed by atoms with Crippen LogP contribution >= 0.6 is 0 Å². The van der Waals surface area contributed by atoms with Crippen molar-refractivity contribution in [3.8, 4) is 11.3 Å². The van der Waals surface area contributed by atoms with Gasteiger partial charge < -0.3 is 9.52 Å². The maximum Gasteiger partial charge on any atom is 0.164 e. The average Bonchev–Trinajstić information content (AvgIpc) is 3.50. The summed E-state index contributed by atoms with van der Waals surface area (Å²) >= 11 is 0. The summed E-state index contributed by atoms with van der Waals surface area (Å²) in [5.41, 5.74) is 5.63. The molecule has 0 saturated heterocycles. The second-order valence-corrected chi connectivity index (χ2v) is 13.9. The van der Waals surface area contributed by atoms with Crippen molar-refractivity contribution >= 4 is 49.4 Å². The van der Waals surface area contributed by atoms with Gasteiger partial charge in [0.25, 0.3) is 0 Å². The number of furan rings is 1. The predicted octanol–water partition coefficient (Wildman–Crippen LogP) is 12.2. The number of carbonyl (C=O) groups is 1. The molecule has 0 fully saturated rings. The number of halogens is 1. The van der Waals surface area contributed by atoms with Crippen LogP contribution in [-0.4, -0.2) is 20.9 Å². The van der Waals surface area contributed by atoms with Gasteiger partial charge in [0.15, 0.2) is 5.78 Å². The Kier molecular flexibility index (Phi) is 11.8. The fourth-order valence-electron chi connectivity index (χ4n) is 6.52. The number of aromatic nitrogens is 2. The van der Waals surface area contributed by atoms with Gasteiger partial charge in [0.1, 0.15) is 23.0 Å². The molecule has 1 N–H and O–H groups in total. The molecule has 0 aliphatic heterocycles. The summed E-state index contributed by atoms with van der Waals surface area (Å²) in [6.07, 6.45) is 4.75. The van der Waals surface area contributed by atoms with Crippen LogP contribution in [0.25, 0.3) is 54.9 Å². The molecule has 0 atom stereocenters. The van der Waals surface area contributed by atoms with E-state index in [2.05, 4.69) is 19.1 Å². The monoisotopic (exact) mass is 852 g/mol. The number of aliphatic hydroxyl groups is 1. The fourth-order valence-corrected chi connectivity index (χ4v) is 6.52. The smallest absolute Gasteiger partial charge is 0.164 e. The number of aliphatic hydroxyl groups excluding tert-OH is 1. The summed E-state index contributed by atoms with van der Waals surface area (Å²) < 4.78 is 21.1. The van der Waals surface area contributed by atoms with Crippen molar-refractivity contribution in [1.82, 2.24) is 9.97 Å². The summed E-state index contributed by atoms with van der Waals surface area (Å²) in [6.45, 7) is 19.6. The van der Waals surface area contributed by atoms with Crippen molar-refractivity contribution in [2.75, 3.05) is 0 Å². The molecule has 1 radical (unpaired) electrons. The summed E-state index contributed by atoms with van der Waals surface area (Å²) in [5, 5.41) is 14.9. The minimum absolute atomic E-state index is 0. The van der Waals surface area contributed by atoms with E-state index in [1.54, 1.807) is 6.92 Å². The molecule has 0 aliphatic carbocycles. The van der Waals surface area contributed by atoms with Crippen molar-refractivity contribution in [1.29, 1.82) is 0 Å². The molecule has 0 amide bonds. The molecule has 5 nitrogen and oxygen atoms in total. The molecule has 50 heavy (non-hydrogen) atoms. The van der Waals surface area contributed by atoms with Crippen molar-refractivity contribution < 1.29 is 38.8 Å². The topological polar surface area (TPSA) is 76.2 Å². The van der Waals surface area contributed by atoms with E-state index in [1.807, 2.05) is 97.9 Å². The molecule has 0 unspecified atom stereocenters. The molecule has 6 aromatic rings. The average molecular weight is 852 g/mol. The Bertz CT molecular complexity index is 2240. The van der Waals surface area contributed by atoms with E-state index in [0.29, 0.717) is 17.0 Å². The Hall–Kier alpha value is -3.93. The minimum atomic E-state index is -0.337. The van der Waals surface area contributed by atoms with Gasteiger partial charge in [-0.15, -0.1) is 17.7 Å². The second-order valence-electron chi connectivity index (χ2n) is 13.9. The minimum Gasteiger partial charge on any atom is -0.512 e. The first-order valence-corrected chi connectivity index (χ1v) is 17.4. The standard InChI is InChI=1S/C28H20FN2O.C15H28O2.Ir/c1-14-9-11-21(28-23(14)19-7-5-6-8-22(19)32-28)26-20-12-10-18-13-15(2)25(29)16(3)24(18)27(20)31-17(4)30-26;1-7-14(5,8-2)12(16)11-13(17)15(6,9-3)10-4;/h5-10,12-13H,1-4H3;11,16H,7-10H2,1-6H3;/q-1;;/b;12-11-;. The van der Waals surface area contributed by atoms with Crippen molar-refractivity contribution in [2.45, 2.75) is 94.9 Å².